The molecule has 0 aromatic carbocycles. The second kappa shape index (κ2) is 6.35. The highest BCUT2D eigenvalue weighted by Gasteiger charge is 2.27. The molecule has 0 aromatic heterocycles. The van der Waals surface area contributed by atoms with Crippen molar-refractivity contribution in [3.63, 3.8) is 0 Å². The maximum absolute atomic E-state index is 11.5. The van der Waals surface area contributed by atoms with E-state index in [-0.39, 0.29) is 6.04 Å². The van der Waals surface area contributed by atoms with E-state index >= 15 is 0 Å². The second-order valence-electron chi connectivity index (χ2n) is 5.79. The van der Waals surface area contributed by atoms with E-state index in [1.807, 2.05) is 6.92 Å². The van der Waals surface area contributed by atoms with Crippen LogP contribution < -0.4 is 5.32 Å². The molecule has 0 bridgehead atoms. The summed E-state index contributed by atoms with van der Waals surface area (Å²) in [4.78, 5) is 2.30. The SMILES string of the molecule is CC1CS(=O)(=O)CCN1CCNC1CCCCC1. The van der Waals surface area contributed by atoms with Crippen LogP contribution in [0, 0.1) is 0 Å². The first-order valence-corrected chi connectivity index (χ1v) is 9.07. The van der Waals surface area contributed by atoms with Crippen LogP contribution in [0.2, 0.25) is 0 Å². The predicted octanol–water partition coefficient (Wildman–Crippen LogP) is 1.03. The number of hydrogen-bond acceptors (Lipinski definition) is 4. The van der Waals surface area contributed by atoms with Crippen LogP contribution in [0.25, 0.3) is 0 Å². The van der Waals surface area contributed by atoms with E-state index in [9.17, 15) is 8.42 Å². The molecule has 1 N–H and O–H groups in total. The van der Waals surface area contributed by atoms with E-state index in [1.54, 1.807) is 0 Å². The van der Waals surface area contributed by atoms with Gasteiger partial charge in [-0.2, -0.15) is 0 Å². The third-order valence-electron chi connectivity index (χ3n) is 4.25. The summed E-state index contributed by atoms with van der Waals surface area (Å²) < 4.78 is 23.0. The fourth-order valence-electron chi connectivity index (χ4n) is 3.08. The molecule has 1 heterocycles. The van der Waals surface area contributed by atoms with E-state index in [1.165, 1.54) is 32.1 Å². The van der Waals surface area contributed by atoms with E-state index in [4.69, 9.17) is 0 Å². The van der Waals surface area contributed by atoms with Gasteiger partial charge in [-0.1, -0.05) is 19.3 Å². The van der Waals surface area contributed by atoms with Gasteiger partial charge < -0.3 is 5.32 Å². The molecule has 4 nitrogen and oxygen atoms in total. The third kappa shape index (κ3) is 4.21. The van der Waals surface area contributed by atoms with Gasteiger partial charge in [0, 0.05) is 31.7 Å². The second-order valence-corrected chi connectivity index (χ2v) is 8.02. The molecule has 0 aromatic rings. The van der Waals surface area contributed by atoms with Crippen molar-refractivity contribution in [1.29, 1.82) is 0 Å². The first kappa shape index (κ1) is 14.3. The highest BCUT2D eigenvalue weighted by molar-refractivity contribution is 7.91. The Kier molecular flexibility index (Phi) is 5.04. The van der Waals surface area contributed by atoms with Crippen LogP contribution in [0.1, 0.15) is 39.0 Å². The van der Waals surface area contributed by atoms with Crippen molar-refractivity contribution in [2.45, 2.75) is 51.1 Å². The molecule has 1 unspecified atom stereocenters. The van der Waals surface area contributed by atoms with Crippen molar-refractivity contribution >= 4 is 9.84 Å². The van der Waals surface area contributed by atoms with E-state index in [2.05, 4.69) is 10.2 Å². The lowest BCUT2D eigenvalue weighted by molar-refractivity contribution is 0.220. The highest BCUT2D eigenvalue weighted by atomic mass is 32.2. The maximum Gasteiger partial charge on any atom is 0.153 e. The van der Waals surface area contributed by atoms with Gasteiger partial charge in [0.1, 0.15) is 0 Å². The standard InChI is InChI=1S/C13H26N2O2S/c1-12-11-18(16,17)10-9-15(12)8-7-14-13-5-3-2-4-6-13/h12-14H,2-11H2,1H3. The fourth-order valence-corrected chi connectivity index (χ4v) is 4.71. The number of hydrogen-bond donors (Lipinski definition) is 1. The molecule has 18 heavy (non-hydrogen) atoms. The highest BCUT2D eigenvalue weighted by Crippen LogP contribution is 2.17. The van der Waals surface area contributed by atoms with Crippen LogP contribution in [-0.2, 0) is 9.84 Å². The molecule has 2 aliphatic rings. The summed E-state index contributed by atoms with van der Waals surface area (Å²) in [5, 5.41) is 3.62. The number of sulfone groups is 1. The Morgan fingerprint density at radius 2 is 1.94 bits per heavy atom. The smallest absolute Gasteiger partial charge is 0.153 e. The molecule has 1 saturated heterocycles. The minimum Gasteiger partial charge on any atom is -0.313 e. The Morgan fingerprint density at radius 3 is 2.61 bits per heavy atom. The minimum atomic E-state index is -2.77. The van der Waals surface area contributed by atoms with Gasteiger partial charge in [0.25, 0.3) is 0 Å². The third-order valence-corrected chi connectivity index (χ3v) is 6.04. The van der Waals surface area contributed by atoms with Gasteiger partial charge in [0.2, 0.25) is 0 Å². The number of nitrogens with zero attached hydrogens (tertiary/aromatic N) is 1. The molecule has 2 rings (SSSR count). The average molecular weight is 274 g/mol. The van der Waals surface area contributed by atoms with Gasteiger partial charge in [-0.25, -0.2) is 8.42 Å². The lowest BCUT2D eigenvalue weighted by Gasteiger charge is -2.33. The van der Waals surface area contributed by atoms with Crippen LogP contribution in [0.4, 0.5) is 0 Å². The van der Waals surface area contributed by atoms with Crippen LogP contribution in [-0.4, -0.2) is 56.5 Å². The summed E-state index contributed by atoms with van der Waals surface area (Å²) >= 11 is 0. The summed E-state index contributed by atoms with van der Waals surface area (Å²) in [6.07, 6.45) is 6.72. The number of nitrogens with one attached hydrogen (secondary N) is 1. The monoisotopic (exact) mass is 274 g/mol. The molecule has 1 saturated carbocycles. The van der Waals surface area contributed by atoms with Crippen molar-refractivity contribution in [2.24, 2.45) is 0 Å². The zero-order chi connectivity index (χ0) is 13.0. The normalized spacial score (nSPS) is 30.4. The molecule has 0 radical (unpaired) electrons. The van der Waals surface area contributed by atoms with E-state index in [0.717, 1.165) is 13.1 Å². The predicted molar refractivity (Wildman–Crippen MR) is 74.6 cm³/mol. The molecular weight excluding hydrogens is 248 g/mol. The summed E-state index contributed by atoms with van der Waals surface area (Å²) in [5.74, 6) is 0.664. The Balaban J connectivity index is 1.67. The van der Waals surface area contributed by atoms with Gasteiger partial charge in [0.15, 0.2) is 9.84 Å². The average Bonchev–Trinajstić information content (AvgIpc) is 2.33. The Labute approximate surface area is 111 Å². The molecular formula is C13H26N2O2S. The van der Waals surface area contributed by atoms with Crippen LogP contribution in [0.5, 0.6) is 0 Å². The summed E-state index contributed by atoms with van der Waals surface area (Å²) in [6.45, 7) is 4.70. The molecule has 1 aliphatic carbocycles. The molecule has 1 aliphatic heterocycles. The Hall–Kier alpha value is -0.130. The van der Waals surface area contributed by atoms with Crippen LogP contribution in [0.3, 0.4) is 0 Å². The van der Waals surface area contributed by atoms with Crippen molar-refractivity contribution in [2.75, 3.05) is 31.1 Å². The van der Waals surface area contributed by atoms with Gasteiger partial charge in [-0.05, 0) is 19.8 Å². The van der Waals surface area contributed by atoms with Gasteiger partial charge in [-0.3, -0.25) is 4.90 Å². The molecule has 106 valence electrons. The molecule has 0 amide bonds. The van der Waals surface area contributed by atoms with Crippen LogP contribution >= 0.6 is 0 Å². The number of rotatable bonds is 4. The maximum atomic E-state index is 11.5. The fraction of sp³-hybridized carbons (Fsp3) is 1.00. The van der Waals surface area contributed by atoms with E-state index < -0.39 is 9.84 Å². The largest absolute Gasteiger partial charge is 0.313 e. The minimum absolute atomic E-state index is 0.178. The topological polar surface area (TPSA) is 49.4 Å². The zero-order valence-corrected chi connectivity index (χ0v) is 12.2. The quantitative estimate of drug-likeness (QED) is 0.832. The Bertz CT molecular complexity index is 350. The summed E-state index contributed by atoms with van der Waals surface area (Å²) in [5.41, 5.74) is 0. The first-order valence-electron chi connectivity index (χ1n) is 7.25. The van der Waals surface area contributed by atoms with Gasteiger partial charge in [0.05, 0.1) is 11.5 Å². The lowest BCUT2D eigenvalue weighted by atomic mass is 9.95. The first-order chi connectivity index (χ1) is 8.57. The van der Waals surface area contributed by atoms with Crippen molar-refractivity contribution in [1.82, 2.24) is 10.2 Å². The van der Waals surface area contributed by atoms with Crippen molar-refractivity contribution in [3.05, 3.63) is 0 Å². The van der Waals surface area contributed by atoms with Gasteiger partial charge in [-0.15, -0.1) is 0 Å². The zero-order valence-electron chi connectivity index (χ0n) is 11.4. The van der Waals surface area contributed by atoms with Crippen LogP contribution in [0.15, 0.2) is 0 Å². The molecule has 1 atom stereocenters. The summed E-state index contributed by atoms with van der Waals surface area (Å²) in [7, 11) is -2.77. The van der Waals surface area contributed by atoms with Crippen molar-refractivity contribution in [3.8, 4) is 0 Å². The van der Waals surface area contributed by atoms with E-state index in [0.29, 0.717) is 24.1 Å². The molecule has 2 fully saturated rings. The van der Waals surface area contributed by atoms with Gasteiger partial charge >= 0.3 is 0 Å². The van der Waals surface area contributed by atoms with Crippen molar-refractivity contribution < 1.29 is 8.42 Å². The lowest BCUT2D eigenvalue weighted by Crippen LogP contribution is -2.49. The molecule has 5 heteroatoms. The summed E-state index contributed by atoms with van der Waals surface area (Å²) in [6, 6.07) is 0.875. The Morgan fingerprint density at radius 1 is 1.22 bits per heavy atom. The molecule has 0 spiro atoms.